The summed E-state index contributed by atoms with van der Waals surface area (Å²) in [5.74, 6) is -3.16. The number of amides is 1. The van der Waals surface area contributed by atoms with Gasteiger partial charge in [-0.25, -0.2) is 13.6 Å². The zero-order valence-corrected chi connectivity index (χ0v) is 20.5. The zero-order chi connectivity index (χ0) is 25.7. The number of carbonyl (C=O) groups excluding carboxylic acids is 1. The maximum Gasteiger partial charge on any atom is 0.410 e. The molecule has 1 aliphatic heterocycles. The van der Waals surface area contributed by atoms with Crippen LogP contribution in [0.5, 0.6) is 0 Å². The molecule has 1 heterocycles. The minimum Gasteiger partial charge on any atom is -0.445 e. The van der Waals surface area contributed by atoms with Crippen LogP contribution in [0.25, 0.3) is 0 Å². The molecule has 0 N–H and O–H groups in total. The van der Waals surface area contributed by atoms with E-state index in [-0.39, 0.29) is 12.2 Å². The summed E-state index contributed by atoms with van der Waals surface area (Å²) in [6.45, 7) is 0.357. The van der Waals surface area contributed by atoms with Gasteiger partial charge in [-0.3, -0.25) is 4.18 Å². The lowest BCUT2D eigenvalue weighted by Gasteiger charge is -2.36. The molecule has 3 aromatic carbocycles. The lowest BCUT2D eigenvalue weighted by molar-refractivity contribution is 0.0545. The Bertz CT molecular complexity index is 1290. The average Bonchev–Trinajstić information content (AvgIpc) is 3.35. The molecular formula is C27H27F2NO5S. The standard InChI is InChI=1S/C27H27F2NO5S/c1-36(32,33)35-26(23-16-9-17-30(23)27(31)34-18-19-10-4-2-5-11-19)24(20-12-6-3-7-13-20)21-14-8-15-22(28)25(21)29/h2-8,10-15,23-24,26H,9,16-18H2,1H3/t23-,24-,26+/m1/s1. The first-order valence-corrected chi connectivity index (χ1v) is 13.4. The van der Waals surface area contributed by atoms with E-state index in [2.05, 4.69) is 0 Å². The van der Waals surface area contributed by atoms with Gasteiger partial charge in [0.05, 0.1) is 12.3 Å². The summed E-state index contributed by atoms with van der Waals surface area (Å²) in [4.78, 5) is 14.5. The highest BCUT2D eigenvalue weighted by molar-refractivity contribution is 7.86. The Morgan fingerprint density at radius 1 is 1.00 bits per heavy atom. The van der Waals surface area contributed by atoms with E-state index in [0.29, 0.717) is 24.9 Å². The van der Waals surface area contributed by atoms with E-state index in [9.17, 15) is 17.6 Å². The molecule has 1 fully saturated rings. The smallest absolute Gasteiger partial charge is 0.410 e. The minimum absolute atomic E-state index is 0.0428. The fourth-order valence-electron chi connectivity index (χ4n) is 4.67. The van der Waals surface area contributed by atoms with Gasteiger partial charge in [0.25, 0.3) is 10.1 Å². The fourth-order valence-corrected chi connectivity index (χ4v) is 5.32. The molecule has 0 saturated carbocycles. The molecule has 0 bridgehead atoms. The van der Waals surface area contributed by atoms with Crippen LogP contribution in [-0.2, 0) is 25.6 Å². The van der Waals surface area contributed by atoms with E-state index in [1.54, 1.807) is 30.3 Å². The summed E-state index contributed by atoms with van der Waals surface area (Å²) in [5, 5.41) is 0. The molecule has 9 heteroatoms. The number of carbonyl (C=O) groups is 1. The SMILES string of the molecule is CS(=O)(=O)O[C@H]([C@H](c1ccccc1)c1cccc(F)c1F)[C@H]1CCCN1C(=O)OCc1ccccc1. The number of ether oxygens (including phenoxy) is 1. The van der Waals surface area contributed by atoms with Gasteiger partial charge in [-0.1, -0.05) is 72.8 Å². The summed E-state index contributed by atoms with van der Waals surface area (Å²) < 4.78 is 65.2. The van der Waals surface area contributed by atoms with Crippen LogP contribution in [0.2, 0.25) is 0 Å². The van der Waals surface area contributed by atoms with Crippen LogP contribution in [0.4, 0.5) is 13.6 Å². The van der Waals surface area contributed by atoms with E-state index in [4.69, 9.17) is 8.92 Å². The highest BCUT2D eigenvalue weighted by Crippen LogP contribution is 2.38. The van der Waals surface area contributed by atoms with Crippen LogP contribution in [0.1, 0.15) is 35.4 Å². The maximum absolute atomic E-state index is 15.1. The second kappa shape index (κ2) is 11.2. The van der Waals surface area contributed by atoms with Gasteiger partial charge in [-0.05, 0) is 30.0 Å². The summed E-state index contributed by atoms with van der Waals surface area (Å²) in [6, 6.07) is 20.8. The summed E-state index contributed by atoms with van der Waals surface area (Å²) in [5.41, 5.74) is 1.27. The second-order valence-corrected chi connectivity index (χ2v) is 10.3. The number of halogens is 2. The van der Waals surface area contributed by atoms with Crippen molar-refractivity contribution in [1.29, 1.82) is 0 Å². The Balaban J connectivity index is 1.72. The highest BCUT2D eigenvalue weighted by Gasteiger charge is 2.44. The number of likely N-dealkylation sites (tertiary alicyclic amines) is 1. The van der Waals surface area contributed by atoms with Crippen molar-refractivity contribution in [1.82, 2.24) is 4.90 Å². The zero-order valence-electron chi connectivity index (χ0n) is 19.7. The molecule has 0 spiro atoms. The number of benzene rings is 3. The molecule has 190 valence electrons. The first-order valence-electron chi connectivity index (χ1n) is 11.6. The van der Waals surface area contributed by atoms with Crippen molar-refractivity contribution in [3.05, 3.63) is 107 Å². The minimum atomic E-state index is -4.04. The van der Waals surface area contributed by atoms with Crippen LogP contribution in [0, 0.1) is 11.6 Å². The molecule has 1 saturated heterocycles. The molecule has 3 atom stereocenters. The van der Waals surface area contributed by atoms with E-state index < -0.39 is 45.9 Å². The Labute approximate surface area is 209 Å². The highest BCUT2D eigenvalue weighted by atomic mass is 32.2. The van der Waals surface area contributed by atoms with Crippen LogP contribution in [0.15, 0.2) is 78.9 Å². The summed E-state index contributed by atoms with van der Waals surface area (Å²) in [6.07, 6.45) is 0.0280. The third-order valence-electron chi connectivity index (χ3n) is 6.21. The van der Waals surface area contributed by atoms with E-state index in [1.165, 1.54) is 17.0 Å². The molecule has 0 aromatic heterocycles. The van der Waals surface area contributed by atoms with Crippen LogP contribution < -0.4 is 0 Å². The van der Waals surface area contributed by atoms with Crippen molar-refractivity contribution in [2.75, 3.05) is 12.8 Å². The predicted octanol–water partition coefficient (Wildman–Crippen LogP) is 5.24. The van der Waals surface area contributed by atoms with Crippen molar-refractivity contribution in [3.63, 3.8) is 0 Å². The van der Waals surface area contributed by atoms with Gasteiger partial charge < -0.3 is 9.64 Å². The van der Waals surface area contributed by atoms with Crippen LogP contribution in [0.3, 0.4) is 0 Å². The van der Waals surface area contributed by atoms with E-state index in [1.807, 2.05) is 30.3 Å². The van der Waals surface area contributed by atoms with Gasteiger partial charge >= 0.3 is 6.09 Å². The third-order valence-corrected chi connectivity index (χ3v) is 6.78. The molecule has 36 heavy (non-hydrogen) atoms. The molecule has 4 rings (SSSR count). The predicted molar refractivity (Wildman–Crippen MR) is 131 cm³/mol. The topological polar surface area (TPSA) is 72.9 Å². The van der Waals surface area contributed by atoms with Crippen molar-refractivity contribution >= 4 is 16.2 Å². The largest absolute Gasteiger partial charge is 0.445 e. The number of hydrogen-bond acceptors (Lipinski definition) is 5. The maximum atomic E-state index is 15.1. The van der Waals surface area contributed by atoms with Crippen LogP contribution >= 0.6 is 0 Å². The third kappa shape index (κ3) is 6.09. The fraction of sp³-hybridized carbons (Fsp3) is 0.296. The molecule has 0 aliphatic carbocycles. The Morgan fingerprint density at radius 2 is 1.67 bits per heavy atom. The molecule has 3 aromatic rings. The van der Waals surface area contributed by atoms with Gasteiger partial charge in [0.15, 0.2) is 11.6 Å². The number of nitrogens with zero attached hydrogens (tertiary/aromatic N) is 1. The lowest BCUT2D eigenvalue weighted by atomic mass is 9.82. The van der Waals surface area contributed by atoms with Crippen LogP contribution in [-0.4, -0.2) is 44.4 Å². The first-order chi connectivity index (χ1) is 17.2. The van der Waals surface area contributed by atoms with Crippen molar-refractivity contribution < 1.29 is 30.9 Å². The normalized spacial score (nSPS) is 17.5. The second-order valence-electron chi connectivity index (χ2n) is 8.74. The quantitative estimate of drug-likeness (QED) is 0.384. The molecule has 1 aliphatic rings. The van der Waals surface area contributed by atoms with E-state index in [0.717, 1.165) is 17.9 Å². The van der Waals surface area contributed by atoms with Crippen molar-refractivity contribution in [2.24, 2.45) is 0 Å². The summed E-state index contributed by atoms with van der Waals surface area (Å²) >= 11 is 0. The number of hydrogen-bond donors (Lipinski definition) is 0. The molecule has 6 nitrogen and oxygen atoms in total. The van der Waals surface area contributed by atoms with Gasteiger partial charge in [0.1, 0.15) is 12.7 Å². The monoisotopic (exact) mass is 515 g/mol. The van der Waals surface area contributed by atoms with Crippen molar-refractivity contribution in [3.8, 4) is 0 Å². The van der Waals surface area contributed by atoms with E-state index >= 15 is 4.39 Å². The Kier molecular flexibility index (Phi) is 8.01. The molecule has 0 unspecified atom stereocenters. The lowest BCUT2D eigenvalue weighted by Crippen LogP contribution is -2.47. The molecule has 1 amide bonds. The Hall–Kier alpha value is -3.30. The Morgan fingerprint density at radius 3 is 2.33 bits per heavy atom. The molecular weight excluding hydrogens is 488 g/mol. The van der Waals surface area contributed by atoms with Gasteiger partial charge in [-0.2, -0.15) is 8.42 Å². The van der Waals surface area contributed by atoms with Gasteiger partial charge in [-0.15, -0.1) is 0 Å². The van der Waals surface area contributed by atoms with Crippen molar-refractivity contribution in [2.45, 2.75) is 37.5 Å². The molecule has 0 radical (unpaired) electrons. The number of rotatable bonds is 8. The van der Waals surface area contributed by atoms with Gasteiger partial charge in [0.2, 0.25) is 0 Å². The summed E-state index contributed by atoms with van der Waals surface area (Å²) in [7, 11) is -4.04. The average molecular weight is 516 g/mol. The van der Waals surface area contributed by atoms with Gasteiger partial charge in [0, 0.05) is 18.0 Å². The first kappa shape index (κ1) is 25.8.